The maximum Gasteiger partial charge on any atom is 0.0991 e. The summed E-state index contributed by atoms with van der Waals surface area (Å²) in [6.45, 7) is 0. The van der Waals surface area contributed by atoms with Crippen molar-refractivity contribution in [3.05, 3.63) is 47.5 Å². The first-order chi connectivity index (χ1) is 7.31. The van der Waals surface area contributed by atoms with E-state index in [4.69, 9.17) is 10.5 Å². The highest BCUT2D eigenvalue weighted by molar-refractivity contribution is 6.09. The minimum absolute atomic E-state index is 0.582. The average molecular weight is 195 g/mol. The van der Waals surface area contributed by atoms with Crippen molar-refractivity contribution in [3.63, 3.8) is 0 Å². The van der Waals surface area contributed by atoms with Crippen LogP contribution in [0, 0.1) is 22.7 Å². The highest BCUT2D eigenvalue weighted by atomic mass is 14.7. The lowest BCUT2D eigenvalue weighted by Crippen LogP contribution is -1.96. The van der Waals surface area contributed by atoms with Crippen molar-refractivity contribution in [2.75, 3.05) is 7.05 Å². The third-order valence-electron chi connectivity index (χ3n) is 1.84. The predicted molar refractivity (Wildman–Crippen MR) is 58.4 cm³/mol. The first kappa shape index (κ1) is 10.7. The zero-order chi connectivity index (χ0) is 11.1. The smallest absolute Gasteiger partial charge is 0.0991 e. The Labute approximate surface area is 88.6 Å². The van der Waals surface area contributed by atoms with Gasteiger partial charge in [0, 0.05) is 18.7 Å². The quantitative estimate of drug-likeness (QED) is 0.535. The maximum absolute atomic E-state index is 8.73. The fourth-order valence-corrected chi connectivity index (χ4v) is 1.16. The number of nitriles is 2. The fraction of sp³-hybridized carbons (Fsp3) is 0.0833. The zero-order valence-corrected chi connectivity index (χ0v) is 8.31. The van der Waals surface area contributed by atoms with Crippen molar-refractivity contribution in [1.29, 1.82) is 10.5 Å². The summed E-state index contributed by atoms with van der Waals surface area (Å²) in [5, 5.41) is 17.1. The van der Waals surface area contributed by atoms with E-state index in [1.165, 1.54) is 6.08 Å². The molecule has 3 nitrogen and oxygen atoms in total. The molecule has 15 heavy (non-hydrogen) atoms. The van der Waals surface area contributed by atoms with E-state index < -0.39 is 0 Å². The van der Waals surface area contributed by atoms with Crippen LogP contribution in [0.15, 0.2) is 41.4 Å². The van der Waals surface area contributed by atoms with E-state index >= 15 is 0 Å². The van der Waals surface area contributed by atoms with E-state index in [9.17, 15) is 0 Å². The first-order valence-corrected chi connectivity index (χ1v) is 4.35. The molecule has 1 rings (SSSR count). The summed E-state index contributed by atoms with van der Waals surface area (Å²) in [6.07, 6.45) is 2.98. The molecule has 0 atom stereocenters. The molecule has 0 spiro atoms. The maximum atomic E-state index is 8.73. The van der Waals surface area contributed by atoms with E-state index in [2.05, 4.69) is 11.1 Å². The molecule has 1 aromatic carbocycles. The van der Waals surface area contributed by atoms with Crippen LogP contribution in [0.1, 0.15) is 11.1 Å². The molecule has 0 N–H and O–H groups in total. The van der Waals surface area contributed by atoms with Gasteiger partial charge in [-0.15, -0.1) is 0 Å². The average Bonchev–Trinajstić information content (AvgIpc) is 2.30. The van der Waals surface area contributed by atoms with Gasteiger partial charge in [0.15, 0.2) is 0 Å². The highest BCUT2D eigenvalue weighted by Crippen LogP contribution is 2.06. The summed E-state index contributed by atoms with van der Waals surface area (Å²) in [5.74, 6) is 0. The molecule has 0 bridgehead atoms. The molecule has 0 fully saturated rings. The van der Waals surface area contributed by atoms with Crippen LogP contribution >= 0.6 is 0 Å². The van der Waals surface area contributed by atoms with E-state index in [-0.39, 0.29) is 0 Å². The second-order valence-corrected chi connectivity index (χ2v) is 2.76. The predicted octanol–water partition coefficient (Wildman–Crippen LogP) is 2.06. The van der Waals surface area contributed by atoms with Crippen LogP contribution in [-0.4, -0.2) is 12.8 Å². The summed E-state index contributed by atoms with van der Waals surface area (Å²) in [4.78, 5) is 4.04. The van der Waals surface area contributed by atoms with Crippen molar-refractivity contribution in [2.45, 2.75) is 0 Å². The van der Waals surface area contributed by atoms with E-state index in [0.29, 0.717) is 11.3 Å². The molecule has 0 saturated heterocycles. The molecule has 0 heterocycles. The van der Waals surface area contributed by atoms with Gasteiger partial charge in [0.25, 0.3) is 0 Å². The van der Waals surface area contributed by atoms with Crippen molar-refractivity contribution < 1.29 is 0 Å². The zero-order valence-electron chi connectivity index (χ0n) is 8.31. The van der Waals surface area contributed by atoms with Crippen LogP contribution in [0.3, 0.4) is 0 Å². The molecule has 0 amide bonds. The number of rotatable bonds is 2. The summed E-state index contributed by atoms with van der Waals surface area (Å²) >= 11 is 0. The van der Waals surface area contributed by atoms with Crippen molar-refractivity contribution in [3.8, 4) is 12.1 Å². The molecule has 3 heteroatoms. The van der Waals surface area contributed by atoms with Gasteiger partial charge in [-0.1, -0.05) is 12.1 Å². The molecule has 0 saturated carbocycles. The number of hydrogen-bond donors (Lipinski definition) is 0. The lowest BCUT2D eigenvalue weighted by Gasteiger charge is -1.99. The number of nitrogens with zero attached hydrogens (tertiary/aromatic N) is 3. The number of aliphatic imine (C=N–C) groups is 1. The normalized spacial score (nSPS) is 11.0. The van der Waals surface area contributed by atoms with Gasteiger partial charge >= 0.3 is 0 Å². The third kappa shape index (κ3) is 2.79. The van der Waals surface area contributed by atoms with Gasteiger partial charge in [0.2, 0.25) is 0 Å². The van der Waals surface area contributed by atoms with Gasteiger partial charge < -0.3 is 0 Å². The highest BCUT2D eigenvalue weighted by Gasteiger charge is 1.99. The van der Waals surface area contributed by atoms with E-state index in [0.717, 1.165) is 5.56 Å². The SMILES string of the molecule is C/N=C(\C=C/C#N)c1cccc(C#N)c1. The van der Waals surface area contributed by atoms with Crippen molar-refractivity contribution in [1.82, 2.24) is 0 Å². The van der Waals surface area contributed by atoms with Crippen LogP contribution < -0.4 is 0 Å². The van der Waals surface area contributed by atoms with Crippen LogP contribution in [-0.2, 0) is 0 Å². The molecular formula is C12H9N3. The van der Waals surface area contributed by atoms with Gasteiger partial charge in [-0.3, -0.25) is 4.99 Å². The molecule has 0 radical (unpaired) electrons. The number of hydrogen-bond acceptors (Lipinski definition) is 3. The van der Waals surface area contributed by atoms with Gasteiger partial charge in [-0.25, -0.2) is 0 Å². The Kier molecular flexibility index (Phi) is 3.82. The van der Waals surface area contributed by atoms with E-state index in [1.54, 1.807) is 31.3 Å². The molecule has 1 aromatic rings. The Balaban J connectivity index is 3.10. The molecule has 0 aliphatic carbocycles. The topological polar surface area (TPSA) is 59.9 Å². The van der Waals surface area contributed by atoms with E-state index in [1.807, 2.05) is 12.1 Å². The van der Waals surface area contributed by atoms with Gasteiger partial charge in [-0.2, -0.15) is 10.5 Å². The Morgan fingerprint density at radius 2 is 2.20 bits per heavy atom. The first-order valence-electron chi connectivity index (χ1n) is 4.35. The molecule has 0 unspecified atom stereocenters. The Morgan fingerprint density at radius 3 is 2.80 bits per heavy atom. The largest absolute Gasteiger partial charge is 0.288 e. The van der Waals surface area contributed by atoms with Crippen LogP contribution in [0.5, 0.6) is 0 Å². The monoisotopic (exact) mass is 195 g/mol. The number of benzene rings is 1. The third-order valence-corrected chi connectivity index (χ3v) is 1.84. The second kappa shape index (κ2) is 5.36. The molecular weight excluding hydrogens is 186 g/mol. The van der Waals surface area contributed by atoms with Crippen molar-refractivity contribution >= 4 is 5.71 Å². The number of allylic oxidation sites excluding steroid dienone is 2. The Bertz CT molecular complexity index is 484. The lowest BCUT2D eigenvalue weighted by atomic mass is 10.1. The second-order valence-electron chi connectivity index (χ2n) is 2.76. The van der Waals surface area contributed by atoms with Crippen LogP contribution in [0.2, 0.25) is 0 Å². The summed E-state index contributed by atoms with van der Waals surface area (Å²) in [5.41, 5.74) is 2.11. The summed E-state index contributed by atoms with van der Waals surface area (Å²) in [6, 6.07) is 11.1. The van der Waals surface area contributed by atoms with Gasteiger partial charge in [-0.05, 0) is 18.2 Å². The molecule has 0 aliphatic heterocycles. The van der Waals surface area contributed by atoms with Gasteiger partial charge in [0.05, 0.1) is 23.4 Å². The minimum atomic E-state index is 0.582. The van der Waals surface area contributed by atoms with Crippen molar-refractivity contribution in [2.24, 2.45) is 4.99 Å². The lowest BCUT2D eigenvalue weighted by molar-refractivity contribution is 1.42. The molecule has 72 valence electrons. The summed E-state index contributed by atoms with van der Waals surface area (Å²) in [7, 11) is 1.65. The van der Waals surface area contributed by atoms with Crippen LogP contribution in [0.4, 0.5) is 0 Å². The molecule has 0 aromatic heterocycles. The Morgan fingerprint density at radius 1 is 1.40 bits per heavy atom. The standard InChI is InChI=1S/C12H9N3/c1-15-12(6-3-7-13)11-5-2-4-10(8-11)9-14/h2-6,8H,1H3/b6-3-,15-12+. The minimum Gasteiger partial charge on any atom is -0.288 e. The van der Waals surface area contributed by atoms with Crippen LogP contribution in [0.25, 0.3) is 0 Å². The molecule has 0 aliphatic rings. The Hall–Kier alpha value is -2.39. The summed E-state index contributed by atoms with van der Waals surface area (Å²) < 4.78 is 0. The fourth-order valence-electron chi connectivity index (χ4n) is 1.16. The van der Waals surface area contributed by atoms with Gasteiger partial charge in [0.1, 0.15) is 0 Å².